The van der Waals surface area contributed by atoms with Gasteiger partial charge < -0.3 is 9.88 Å². The number of hydrogen-bond donors (Lipinski definition) is 1. The van der Waals surface area contributed by atoms with E-state index in [9.17, 15) is 4.79 Å². The molecule has 20 heavy (non-hydrogen) atoms. The Bertz CT molecular complexity index is 594. The van der Waals surface area contributed by atoms with Crippen LogP contribution >= 0.6 is 11.3 Å². The third-order valence-corrected chi connectivity index (χ3v) is 4.63. The fourth-order valence-electron chi connectivity index (χ4n) is 2.46. The van der Waals surface area contributed by atoms with E-state index < -0.39 is 0 Å². The maximum absolute atomic E-state index is 12.6. The van der Waals surface area contributed by atoms with Gasteiger partial charge in [0.05, 0.1) is 17.2 Å². The van der Waals surface area contributed by atoms with Crippen molar-refractivity contribution in [1.82, 2.24) is 24.8 Å². The van der Waals surface area contributed by atoms with E-state index in [1.54, 1.807) is 11.7 Å². The topological polar surface area (TPSA) is 65.1 Å². The molecule has 1 unspecified atom stereocenters. The number of nitrogens with zero attached hydrogens (tertiary/aromatic N) is 4. The molecule has 1 N–H and O–H groups in total. The number of amides is 1. The Hall–Kier alpha value is -1.73. The molecule has 1 aliphatic rings. The number of carbonyl (C=O) groups excluding carboxylic acids is 1. The lowest BCUT2D eigenvalue weighted by molar-refractivity contribution is 0.0538. The Morgan fingerprint density at radius 3 is 2.95 bits per heavy atom. The third kappa shape index (κ3) is 2.34. The summed E-state index contributed by atoms with van der Waals surface area (Å²) in [7, 11) is 2.06. The van der Waals surface area contributed by atoms with Crippen molar-refractivity contribution >= 4 is 17.2 Å². The lowest BCUT2D eigenvalue weighted by atomic mass is 10.1. The molecule has 3 rings (SSSR count). The van der Waals surface area contributed by atoms with Gasteiger partial charge in [-0.3, -0.25) is 9.69 Å². The van der Waals surface area contributed by atoms with Crippen LogP contribution in [0.15, 0.2) is 17.9 Å². The van der Waals surface area contributed by atoms with E-state index in [4.69, 9.17) is 0 Å². The zero-order chi connectivity index (χ0) is 14.1. The van der Waals surface area contributed by atoms with Crippen LogP contribution in [0.5, 0.6) is 0 Å². The molecule has 1 aliphatic heterocycles. The van der Waals surface area contributed by atoms with Gasteiger partial charge in [-0.15, -0.1) is 11.3 Å². The molecule has 0 bridgehead atoms. The van der Waals surface area contributed by atoms with Gasteiger partial charge in [0.1, 0.15) is 10.7 Å². The molecule has 1 atom stereocenters. The van der Waals surface area contributed by atoms with Crippen LogP contribution in [0.1, 0.15) is 27.2 Å². The first-order chi connectivity index (χ1) is 9.66. The Kier molecular flexibility index (Phi) is 3.54. The summed E-state index contributed by atoms with van der Waals surface area (Å²) in [6, 6.07) is 0.121. The average Bonchev–Trinajstić information content (AvgIpc) is 3.09. The summed E-state index contributed by atoms with van der Waals surface area (Å²) in [5.74, 6) is 0.987. The maximum atomic E-state index is 12.6. The van der Waals surface area contributed by atoms with E-state index in [0.717, 1.165) is 29.5 Å². The number of likely N-dealkylation sites (N-methyl/N-ethyl adjacent to an activating group) is 1. The van der Waals surface area contributed by atoms with Gasteiger partial charge in [0.2, 0.25) is 0 Å². The van der Waals surface area contributed by atoms with Gasteiger partial charge in [-0.05, 0) is 14.0 Å². The number of nitrogens with one attached hydrogen (secondary N) is 1. The molecular formula is C13H17N5OS. The lowest BCUT2D eigenvalue weighted by Gasteiger charge is -2.38. The Labute approximate surface area is 121 Å². The molecule has 0 aliphatic carbocycles. The van der Waals surface area contributed by atoms with E-state index in [-0.39, 0.29) is 11.9 Å². The van der Waals surface area contributed by atoms with Gasteiger partial charge >= 0.3 is 0 Å². The molecular weight excluding hydrogens is 274 g/mol. The van der Waals surface area contributed by atoms with Crippen LogP contribution in [0, 0.1) is 6.92 Å². The van der Waals surface area contributed by atoms with E-state index in [2.05, 4.69) is 26.9 Å². The summed E-state index contributed by atoms with van der Waals surface area (Å²) >= 11 is 1.41. The summed E-state index contributed by atoms with van der Waals surface area (Å²) in [5, 5.41) is 0. The van der Waals surface area contributed by atoms with Crippen molar-refractivity contribution in [2.45, 2.75) is 13.0 Å². The molecule has 106 valence electrons. The van der Waals surface area contributed by atoms with E-state index >= 15 is 0 Å². The predicted molar refractivity (Wildman–Crippen MR) is 76.7 cm³/mol. The first-order valence-electron chi connectivity index (χ1n) is 6.55. The minimum absolute atomic E-state index is 0.0784. The Morgan fingerprint density at radius 1 is 1.45 bits per heavy atom. The van der Waals surface area contributed by atoms with Gasteiger partial charge in [0.25, 0.3) is 5.91 Å². The summed E-state index contributed by atoms with van der Waals surface area (Å²) in [4.78, 5) is 29.0. The first-order valence-corrected chi connectivity index (χ1v) is 7.43. The Morgan fingerprint density at radius 2 is 2.30 bits per heavy atom. The van der Waals surface area contributed by atoms with E-state index in [0.29, 0.717) is 6.54 Å². The predicted octanol–water partition coefficient (Wildman–Crippen LogP) is 1.30. The zero-order valence-corrected chi connectivity index (χ0v) is 12.4. The molecule has 1 saturated heterocycles. The highest BCUT2D eigenvalue weighted by atomic mass is 32.1. The highest BCUT2D eigenvalue weighted by molar-refractivity contribution is 7.11. The summed E-state index contributed by atoms with van der Waals surface area (Å²) in [6.45, 7) is 4.11. The number of imidazole rings is 1. The van der Waals surface area contributed by atoms with Crippen molar-refractivity contribution in [3.63, 3.8) is 0 Å². The van der Waals surface area contributed by atoms with E-state index in [1.807, 2.05) is 18.0 Å². The molecule has 0 saturated carbocycles. The molecule has 0 radical (unpaired) electrons. The fourth-order valence-corrected chi connectivity index (χ4v) is 3.23. The van der Waals surface area contributed by atoms with Crippen LogP contribution < -0.4 is 0 Å². The normalized spacial score (nSPS) is 20.3. The van der Waals surface area contributed by atoms with Crippen LogP contribution in [0.4, 0.5) is 0 Å². The summed E-state index contributed by atoms with van der Waals surface area (Å²) in [5.41, 5.74) is 2.54. The van der Waals surface area contributed by atoms with Gasteiger partial charge in [0, 0.05) is 32.0 Å². The van der Waals surface area contributed by atoms with Crippen molar-refractivity contribution in [2.75, 3.05) is 26.7 Å². The Balaban J connectivity index is 1.79. The van der Waals surface area contributed by atoms with Crippen LogP contribution in [0.3, 0.4) is 0 Å². The molecule has 7 heteroatoms. The van der Waals surface area contributed by atoms with Gasteiger partial charge in [-0.2, -0.15) is 0 Å². The quantitative estimate of drug-likeness (QED) is 0.906. The van der Waals surface area contributed by atoms with Crippen molar-refractivity contribution in [3.8, 4) is 0 Å². The van der Waals surface area contributed by atoms with Crippen molar-refractivity contribution < 1.29 is 4.79 Å². The van der Waals surface area contributed by atoms with Crippen molar-refractivity contribution in [1.29, 1.82) is 0 Å². The van der Waals surface area contributed by atoms with Crippen molar-refractivity contribution in [2.24, 2.45) is 0 Å². The number of aryl methyl sites for hydroxylation is 1. The third-order valence-electron chi connectivity index (χ3n) is 3.71. The van der Waals surface area contributed by atoms with Crippen LogP contribution in [-0.2, 0) is 0 Å². The number of aromatic nitrogens is 3. The summed E-state index contributed by atoms with van der Waals surface area (Å²) < 4.78 is 0. The van der Waals surface area contributed by atoms with Gasteiger partial charge in [0.15, 0.2) is 0 Å². The minimum Gasteiger partial charge on any atom is -0.347 e. The largest absolute Gasteiger partial charge is 0.347 e. The molecule has 2 aromatic rings. The second-order valence-corrected chi connectivity index (χ2v) is 5.84. The number of carbonyl (C=O) groups is 1. The molecule has 6 nitrogen and oxygen atoms in total. The number of thiazole rings is 1. The number of aromatic amines is 1. The first kappa shape index (κ1) is 13.3. The molecule has 1 fully saturated rings. The standard InChI is InChI=1S/C13H17N5OS/c1-9-11(20-8-16-9)13(19)18-6-5-17(2)10(7-18)12-14-3-4-15-12/h3-4,8,10H,5-7H2,1-2H3,(H,14,15). The second kappa shape index (κ2) is 5.34. The minimum atomic E-state index is 0.0784. The lowest BCUT2D eigenvalue weighted by Crippen LogP contribution is -2.49. The maximum Gasteiger partial charge on any atom is 0.265 e. The molecule has 2 aromatic heterocycles. The summed E-state index contributed by atoms with van der Waals surface area (Å²) in [6.07, 6.45) is 3.56. The average molecular weight is 291 g/mol. The number of H-pyrrole nitrogens is 1. The molecule has 1 amide bonds. The molecule has 0 aromatic carbocycles. The van der Waals surface area contributed by atoms with Crippen LogP contribution in [-0.4, -0.2) is 57.3 Å². The van der Waals surface area contributed by atoms with Gasteiger partial charge in [-0.1, -0.05) is 0 Å². The monoisotopic (exact) mass is 291 g/mol. The number of piperazine rings is 1. The highest BCUT2D eigenvalue weighted by Gasteiger charge is 2.31. The highest BCUT2D eigenvalue weighted by Crippen LogP contribution is 2.24. The van der Waals surface area contributed by atoms with E-state index in [1.165, 1.54) is 11.3 Å². The van der Waals surface area contributed by atoms with Gasteiger partial charge in [-0.25, -0.2) is 9.97 Å². The molecule has 3 heterocycles. The van der Waals surface area contributed by atoms with Crippen LogP contribution in [0.2, 0.25) is 0 Å². The SMILES string of the molecule is Cc1ncsc1C(=O)N1CCN(C)C(c2ncc[nH]2)C1. The van der Waals surface area contributed by atoms with Crippen LogP contribution in [0.25, 0.3) is 0 Å². The zero-order valence-electron chi connectivity index (χ0n) is 11.5. The number of rotatable bonds is 2. The smallest absolute Gasteiger partial charge is 0.265 e. The molecule has 0 spiro atoms. The number of hydrogen-bond acceptors (Lipinski definition) is 5. The van der Waals surface area contributed by atoms with Crippen molar-refractivity contribution in [3.05, 3.63) is 34.3 Å². The second-order valence-electron chi connectivity index (χ2n) is 4.99. The fraction of sp³-hybridized carbons (Fsp3) is 0.462.